The first-order valence-corrected chi connectivity index (χ1v) is 7.06. The minimum absolute atomic E-state index is 0.173. The number of methoxy groups -OCH3 is 1. The average Bonchev–Trinajstić information content (AvgIpc) is 2.53. The summed E-state index contributed by atoms with van der Waals surface area (Å²) in [6.45, 7) is 1.84. The molecular weight excluding hydrogens is 325 g/mol. The molecule has 0 bridgehead atoms. The third-order valence-corrected chi connectivity index (χ3v) is 3.10. The second-order valence-corrected chi connectivity index (χ2v) is 4.68. The van der Waals surface area contributed by atoms with E-state index in [9.17, 15) is 18.0 Å². The summed E-state index contributed by atoms with van der Waals surface area (Å²) in [6, 6.07) is 10.1. The van der Waals surface area contributed by atoms with Gasteiger partial charge in [0.1, 0.15) is 11.5 Å². The van der Waals surface area contributed by atoms with Gasteiger partial charge in [-0.2, -0.15) is 0 Å². The minimum Gasteiger partial charge on any atom is -0.496 e. The number of carbonyl (C=O) groups is 1. The second kappa shape index (κ2) is 7.25. The number of hydrogen-bond donors (Lipinski definition) is 0. The molecule has 0 radical (unpaired) electrons. The van der Waals surface area contributed by atoms with Crippen LogP contribution in [-0.4, -0.2) is 26.0 Å². The van der Waals surface area contributed by atoms with Crippen molar-refractivity contribution in [3.63, 3.8) is 0 Å². The van der Waals surface area contributed by atoms with Gasteiger partial charge in [-0.1, -0.05) is 18.2 Å². The number of rotatable bonds is 5. The van der Waals surface area contributed by atoms with Crippen molar-refractivity contribution in [3.8, 4) is 22.6 Å². The highest BCUT2D eigenvalue weighted by atomic mass is 19.4. The summed E-state index contributed by atoms with van der Waals surface area (Å²) in [5.74, 6) is -0.640. The summed E-state index contributed by atoms with van der Waals surface area (Å²) in [5.41, 5.74) is 0.878. The second-order valence-electron chi connectivity index (χ2n) is 4.68. The van der Waals surface area contributed by atoms with Gasteiger partial charge in [-0.15, -0.1) is 13.2 Å². The van der Waals surface area contributed by atoms with E-state index in [0.717, 1.165) is 0 Å². The Labute approximate surface area is 136 Å². The van der Waals surface area contributed by atoms with Crippen molar-refractivity contribution in [2.75, 3.05) is 13.7 Å². The predicted molar refractivity (Wildman–Crippen MR) is 81.1 cm³/mol. The number of halogens is 3. The highest BCUT2D eigenvalue weighted by molar-refractivity contribution is 5.99. The van der Waals surface area contributed by atoms with E-state index in [-0.39, 0.29) is 17.9 Å². The zero-order valence-corrected chi connectivity index (χ0v) is 13.0. The predicted octanol–water partition coefficient (Wildman–Crippen LogP) is 4.44. The van der Waals surface area contributed by atoms with E-state index >= 15 is 0 Å². The molecule has 2 rings (SSSR count). The normalized spacial score (nSPS) is 11.0. The van der Waals surface area contributed by atoms with Gasteiger partial charge in [-0.25, -0.2) is 4.79 Å². The van der Waals surface area contributed by atoms with Crippen molar-refractivity contribution in [3.05, 3.63) is 48.0 Å². The molecule has 0 saturated carbocycles. The van der Waals surface area contributed by atoms with Crippen LogP contribution in [0.2, 0.25) is 0 Å². The van der Waals surface area contributed by atoms with Crippen LogP contribution in [0.25, 0.3) is 11.1 Å². The molecular formula is C17H15F3O4. The van der Waals surface area contributed by atoms with Gasteiger partial charge in [-0.05, 0) is 36.8 Å². The lowest BCUT2D eigenvalue weighted by atomic mass is 9.98. The Morgan fingerprint density at radius 1 is 1.12 bits per heavy atom. The van der Waals surface area contributed by atoms with Gasteiger partial charge in [-0.3, -0.25) is 0 Å². The fourth-order valence-electron chi connectivity index (χ4n) is 2.23. The maximum atomic E-state index is 12.4. The topological polar surface area (TPSA) is 44.8 Å². The van der Waals surface area contributed by atoms with Crippen molar-refractivity contribution in [1.82, 2.24) is 0 Å². The molecule has 7 heteroatoms. The Morgan fingerprint density at radius 3 is 2.46 bits per heavy atom. The van der Waals surface area contributed by atoms with Gasteiger partial charge >= 0.3 is 12.3 Å². The molecule has 0 fully saturated rings. The molecule has 0 aliphatic rings. The van der Waals surface area contributed by atoms with Gasteiger partial charge in [0, 0.05) is 5.56 Å². The van der Waals surface area contributed by atoms with E-state index in [1.54, 1.807) is 25.1 Å². The molecule has 0 amide bonds. The number of ether oxygens (including phenoxy) is 3. The molecule has 4 nitrogen and oxygen atoms in total. The van der Waals surface area contributed by atoms with Crippen molar-refractivity contribution < 1.29 is 32.2 Å². The summed E-state index contributed by atoms with van der Waals surface area (Å²) in [6.07, 6.45) is -4.80. The fraction of sp³-hybridized carbons (Fsp3) is 0.235. The first-order valence-electron chi connectivity index (χ1n) is 7.06. The van der Waals surface area contributed by atoms with Crippen LogP contribution >= 0.6 is 0 Å². The molecule has 0 aromatic heterocycles. The van der Waals surface area contributed by atoms with Gasteiger partial charge in [0.05, 0.1) is 19.3 Å². The Balaban J connectivity index is 2.54. The molecule has 0 atom stereocenters. The van der Waals surface area contributed by atoms with Gasteiger partial charge < -0.3 is 14.2 Å². The monoisotopic (exact) mass is 340 g/mol. The Bertz CT molecular complexity index is 726. The van der Waals surface area contributed by atoms with Crippen LogP contribution in [0.1, 0.15) is 17.3 Å². The Hall–Kier alpha value is -2.70. The lowest BCUT2D eigenvalue weighted by Crippen LogP contribution is -2.17. The molecule has 24 heavy (non-hydrogen) atoms. The number of alkyl halides is 3. The Morgan fingerprint density at radius 2 is 1.83 bits per heavy atom. The summed E-state index contributed by atoms with van der Waals surface area (Å²) in [5, 5.41) is 0. The molecule has 0 aliphatic carbocycles. The maximum Gasteiger partial charge on any atom is 0.573 e. The summed E-state index contributed by atoms with van der Waals surface area (Å²) >= 11 is 0. The summed E-state index contributed by atoms with van der Waals surface area (Å²) in [4.78, 5) is 12.1. The first-order chi connectivity index (χ1) is 11.4. The van der Waals surface area contributed by atoms with Crippen molar-refractivity contribution in [2.45, 2.75) is 13.3 Å². The van der Waals surface area contributed by atoms with E-state index < -0.39 is 12.3 Å². The zero-order valence-electron chi connectivity index (χ0n) is 13.0. The van der Waals surface area contributed by atoms with E-state index in [1.807, 2.05) is 0 Å². The van der Waals surface area contributed by atoms with E-state index in [1.165, 1.54) is 31.4 Å². The fourth-order valence-corrected chi connectivity index (χ4v) is 2.23. The number of hydrogen-bond acceptors (Lipinski definition) is 4. The van der Waals surface area contributed by atoms with Crippen LogP contribution < -0.4 is 9.47 Å². The van der Waals surface area contributed by atoms with Crippen LogP contribution in [0.4, 0.5) is 13.2 Å². The van der Waals surface area contributed by atoms with Gasteiger partial charge in [0.2, 0.25) is 0 Å². The largest absolute Gasteiger partial charge is 0.573 e. The standard InChI is InChI=1S/C17H15F3O4/c1-3-23-16(21)13-8-5-9-14(22-2)15(13)11-6-4-7-12(10-11)24-17(18,19)20/h4-10H,3H2,1-2H3. The minimum atomic E-state index is -4.80. The average molecular weight is 340 g/mol. The third kappa shape index (κ3) is 4.18. The van der Waals surface area contributed by atoms with Crippen molar-refractivity contribution in [2.24, 2.45) is 0 Å². The molecule has 0 N–H and O–H groups in total. The summed E-state index contributed by atoms with van der Waals surface area (Å²) < 4.78 is 51.4. The van der Waals surface area contributed by atoms with Gasteiger partial charge in [0.15, 0.2) is 0 Å². The molecule has 128 valence electrons. The van der Waals surface area contributed by atoms with Gasteiger partial charge in [0.25, 0.3) is 0 Å². The zero-order chi connectivity index (χ0) is 17.7. The molecule has 0 heterocycles. The highest BCUT2D eigenvalue weighted by Gasteiger charge is 2.31. The van der Waals surface area contributed by atoms with E-state index in [0.29, 0.717) is 16.9 Å². The number of esters is 1. The molecule has 0 saturated heterocycles. The van der Waals surface area contributed by atoms with Crippen molar-refractivity contribution >= 4 is 5.97 Å². The molecule has 0 spiro atoms. The summed E-state index contributed by atoms with van der Waals surface area (Å²) in [7, 11) is 1.41. The van der Waals surface area contributed by atoms with Crippen LogP contribution in [0.3, 0.4) is 0 Å². The van der Waals surface area contributed by atoms with E-state index in [4.69, 9.17) is 9.47 Å². The Kier molecular flexibility index (Phi) is 5.33. The molecule has 0 unspecified atom stereocenters. The molecule has 0 aliphatic heterocycles. The highest BCUT2D eigenvalue weighted by Crippen LogP contribution is 2.36. The lowest BCUT2D eigenvalue weighted by Gasteiger charge is -2.15. The van der Waals surface area contributed by atoms with Crippen LogP contribution in [0, 0.1) is 0 Å². The third-order valence-electron chi connectivity index (χ3n) is 3.10. The van der Waals surface area contributed by atoms with Crippen LogP contribution in [0.15, 0.2) is 42.5 Å². The maximum absolute atomic E-state index is 12.4. The number of carbonyl (C=O) groups excluding carboxylic acids is 1. The first kappa shape index (κ1) is 17.7. The number of benzene rings is 2. The molecule has 2 aromatic carbocycles. The van der Waals surface area contributed by atoms with Crippen LogP contribution in [-0.2, 0) is 4.74 Å². The van der Waals surface area contributed by atoms with Crippen LogP contribution in [0.5, 0.6) is 11.5 Å². The smallest absolute Gasteiger partial charge is 0.496 e. The van der Waals surface area contributed by atoms with E-state index in [2.05, 4.69) is 4.74 Å². The lowest BCUT2D eigenvalue weighted by molar-refractivity contribution is -0.274. The SMILES string of the molecule is CCOC(=O)c1cccc(OC)c1-c1cccc(OC(F)(F)F)c1. The quantitative estimate of drug-likeness (QED) is 0.755. The molecule has 2 aromatic rings. The van der Waals surface area contributed by atoms with Crippen molar-refractivity contribution in [1.29, 1.82) is 0 Å².